The van der Waals surface area contributed by atoms with Crippen LogP contribution in [0.1, 0.15) is 37.4 Å². The molecule has 0 radical (unpaired) electrons. The van der Waals surface area contributed by atoms with Crippen molar-refractivity contribution in [3.05, 3.63) is 41.3 Å². The summed E-state index contributed by atoms with van der Waals surface area (Å²) in [4.78, 5) is 4.21. The first-order valence-electron chi connectivity index (χ1n) is 10.2. The Morgan fingerprint density at radius 2 is 1.93 bits per heavy atom. The fourth-order valence-electron chi connectivity index (χ4n) is 2.92. The number of nitrogen functional groups attached to an aromatic ring is 1. The minimum Gasteiger partial charge on any atom is -0.382 e. The van der Waals surface area contributed by atoms with Gasteiger partial charge in [-0.3, -0.25) is 4.99 Å². The number of nitriles is 1. The third kappa shape index (κ3) is 6.74. The van der Waals surface area contributed by atoms with Crippen molar-refractivity contribution in [2.45, 2.75) is 32.6 Å². The standard InChI is InChI=1S/C21H30FN7O/c1-3-30-14-5-4-12-26-21(25-2)27-13-6-7-19-18(15-23)20(24)29(28-19)17-10-8-16(22)9-11-17/h8-11H,3-7,12-14,24H2,1-2H3,(H2,25,26,27). The molecule has 0 fully saturated rings. The molecule has 0 amide bonds. The number of unbranched alkanes of at least 4 members (excludes halogenated alkanes) is 1. The van der Waals surface area contributed by atoms with Crippen LogP contribution in [0, 0.1) is 17.1 Å². The molecule has 1 aromatic carbocycles. The molecule has 30 heavy (non-hydrogen) atoms. The van der Waals surface area contributed by atoms with E-state index >= 15 is 0 Å². The number of aromatic nitrogens is 2. The van der Waals surface area contributed by atoms with Crippen LogP contribution in [0.5, 0.6) is 0 Å². The largest absolute Gasteiger partial charge is 0.382 e. The van der Waals surface area contributed by atoms with Gasteiger partial charge in [-0.05, 0) is 56.9 Å². The van der Waals surface area contributed by atoms with Crippen molar-refractivity contribution in [1.82, 2.24) is 20.4 Å². The summed E-state index contributed by atoms with van der Waals surface area (Å²) in [6, 6.07) is 7.95. The summed E-state index contributed by atoms with van der Waals surface area (Å²) in [5, 5.41) is 20.5. The number of nitrogens with two attached hydrogens (primary N) is 1. The lowest BCUT2D eigenvalue weighted by atomic mass is 10.1. The van der Waals surface area contributed by atoms with Gasteiger partial charge in [-0.1, -0.05) is 0 Å². The van der Waals surface area contributed by atoms with E-state index in [2.05, 4.69) is 26.8 Å². The summed E-state index contributed by atoms with van der Waals surface area (Å²) in [5.41, 5.74) is 7.68. The Kier molecular flexibility index (Phi) is 9.61. The molecule has 0 saturated carbocycles. The summed E-state index contributed by atoms with van der Waals surface area (Å²) in [7, 11) is 1.73. The van der Waals surface area contributed by atoms with E-state index in [9.17, 15) is 9.65 Å². The zero-order valence-electron chi connectivity index (χ0n) is 17.6. The number of ether oxygens (including phenoxy) is 1. The lowest BCUT2D eigenvalue weighted by Crippen LogP contribution is -2.38. The lowest BCUT2D eigenvalue weighted by molar-refractivity contribution is 0.143. The Bertz CT molecular complexity index is 855. The quantitative estimate of drug-likeness (QED) is 0.295. The van der Waals surface area contributed by atoms with Gasteiger partial charge < -0.3 is 21.1 Å². The number of aryl methyl sites for hydroxylation is 1. The van der Waals surface area contributed by atoms with E-state index in [0.29, 0.717) is 29.9 Å². The van der Waals surface area contributed by atoms with Gasteiger partial charge >= 0.3 is 0 Å². The normalized spacial score (nSPS) is 11.3. The number of guanidine groups is 1. The van der Waals surface area contributed by atoms with Gasteiger partial charge in [0, 0.05) is 33.4 Å². The molecule has 1 aromatic heterocycles. The van der Waals surface area contributed by atoms with Crippen LogP contribution in [-0.4, -0.2) is 49.1 Å². The maximum atomic E-state index is 13.2. The van der Waals surface area contributed by atoms with Gasteiger partial charge in [0.15, 0.2) is 5.96 Å². The number of nitrogens with zero attached hydrogens (tertiary/aromatic N) is 4. The van der Waals surface area contributed by atoms with Gasteiger partial charge in [0.05, 0.1) is 11.4 Å². The topological polar surface area (TPSA) is 113 Å². The van der Waals surface area contributed by atoms with E-state index in [4.69, 9.17) is 10.5 Å². The number of anilines is 1. The molecule has 0 aliphatic heterocycles. The van der Waals surface area contributed by atoms with Crippen molar-refractivity contribution in [3.8, 4) is 11.8 Å². The fraction of sp³-hybridized carbons (Fsp3) is 0.476. The number of hydrogen-bond acceptors (Lipinski definition) is 5. The molecule has 8 nitrogen and oxygen atoms in total. The highest BCUT2D eigenvalue weighted by molar-refractivity contribution is 5.79. The van der Waals surface area contributed by atoms with E-state index in [0.717, 1.165) is 45.0 Å². The zero-order chi connectivity index (χ0) is 21.8. The average Bonchev–Trinajstić information content (AvgIpc) is 3.07. The van der Waals surface area contributed by atoms with Crippen molar-refractivity contribution >= 4 is 11.8 Å². The van der Waals surface area contributed by atoms with Crippen LogP contribution in [-0.2, 0) is 11.2 Å². The number of aliphatic imine (C=N–C) groups is 1. The van der Waals surface area contributed by atoms with Gasteiger partial charge in [0.25, 0.3) is 0 Å². The van der Waals surface area contributed by atoms with Crippen LogP contribution >= 0.6 is 0 Å². The Balaban J connectivity index is 1.83. The second kappa shape index (κ2) is 12.4. The third-order valence-electron chi connectivity index (χ3n) is 4.50. The van der Waals surface area contributed by atoms with E-state index in [-0.39, 0.29) is 11.6 Å². The molecule has 1 heterocycles. The fourth-order valence-corrected chi connectivity index (χ4v) is 2.92. The summed E-state index contributed by atoms with van der Waals surface area (Å²) in [6.07, 6.45) is 3.35. The first-order chi connectivity index (χ1) is 14.6. The third-order valence-corrected chi connectivity index (χ3v) is 4.50. The van der Waals surface area contributed by atoms with Crippen LogP contribution < -0.4 is 16.4 Å². The second-order valence-corrected chi connectivity index (χ2v) is 6.64. The predicted octanol–water partition coefficient (Wildman–Crippen LogP) is 2.38. The smallest absolute Gasteiger partial charge is 0.190 e. The van der Waals surface area contributed by atoms with E-state index in [1.54, 1.807) is 19.2 Å². The summed E-state index contributed by atoms with van der Waals surface area (Å²) in [5.74, 6) is 0.660. The summed E-state index contributed by atoms with van der Waals surface area (Å²) >= 11 is 0. The van der Waals surface area contributed by atoms with Crippen LogP contribution in [0.15, 0.2) is 29.3 Å². The highest BCUT2D eigenvalue weighted by Crippen LogP contribution is 2.21. The summed E-state index contributed by atoms with van der Waals surface area (Å²) in [6.45, 7) is 5.01. The maximum absolute atomic E-state index is 13.2. The van der Waals surface area contributed by atoms with Crippen molar-refractivity contribution in [2.75, 3.05) is 39.1 Å². The van der Waals surface area contributed by atoms with Crippen LogP contribution in [0.4, 0.5) is 10.2 Å². The monoisotopic (exact) mass is 415 g/mol. The summed E-state index contributed by atoms with van der Waals surface area (Å²) < 4.78 is 20.0. The Labute approximate surface area is 176 Å². The number of halogens is 1. The van der Waals surface area contributed by atoms with Crippen LogP contribution in [0.2, 0.25) is 0 Å². The molecule has 0 unspecified atom stereocenters. The predicted molar refractivity (Wildman–Crippen MR) is 116 cm³/mol. The molecule has 162 valence electrons. The maximum Gasteiger partial charge on any atom is 0.190 e. The van der Waals surface area contributed by atoms with Gasteiger partial charge in [-0.25, -0.2) is 9.07 Å². The number of nitrogens with one attached hydrogen (secondary N) is 2. The van der Waals surface area contributed by atoms with Gasteiger partial charge in [0.1, 0.15) is 23.3 Å². The first kappa shape index (κ1) is 23.2. The molecule has 0 atom stereocenters. The lowest BCUT2D eigenvalue weighted by Gasteiger charge is -2.11. The average molecular weight is 416 g/mol. The Morgan fingerprint density at radius 3 is 2.57 bits per heavy atom. The molecule has 2 rings (SSSR count). The molecule has 9 heteroatoms. The molecular weight excluding hydrogens is 385 g/mol. The SMILES string of the molecule is CCOCCCCNC(=NC)NCCCc1nn(-c2ccc(F)cc2)c(N)c1C#N. The van der Waals surface area contributed by atoms with Gasteiger partial charge in [-0.2, -0.15) is 10.4 Å². The zero-order valence-corrected chi connectivity index (χ0v) is 17.6. The van der Waals surface area contributed by atoms with Gasteiger partial charge in [0.2, 0.25) is 0 Å². The minimum absolute atomic E-state index is 0.261. The Morgan fingerprint density at radius 1 is 1.23 bits per heavy atom. The van der Waals surface area contributed by atoms with Crippen LogP contribution in [0.3, 0.4) is 0 Å². The number of benzene rings is 1. The highest BCUT2D eigenvalue weighted by Gasteiger charge is 2.16. The van der Waals surface area contributed by atoms with Crippen LogP contribution in [0.25, 0.3) is 5.69 Å². The molecule has 0 aliphatic rings. The van der Waals surface area contributed by atoms with E-state index in [1.807, 2.05) is 6.92 Å². The van der Waals surface area contributed by atoms with Crippen molar-refractivity contribution in [3.63, 3.8) is 0 Å². The minimum atomic E-state index is -0.340. The molecular formula is C21H30FN7O. The van der Waals surface area contributed by atoms with Crippen molar-refractivity contribution in [1.29, 1.82) is 5.26 Å². The van der Waals surface area contributed by atoms with E-state index < -0.39 is 0 Å². The highest BCUT2D eigenvalue weighted by atomic mass is 19.1. The van der Waals surface area contributed by atoms with E-state index in [1.165, 1.54) is 16.8 Å². The first-order valence-corrected chi connectivity index (χ1v) is 10.2. The van der Waals surface area contributed by atoms with Gasteiger partial charge in [-0.15, -0.1) is 0 Å². The molecule has 4 N–H and O–H groups in total. The Hall–Kier alpha value is -3.12. The molecule has 0 saturated heterocycles. The van der Waals surface area contributed by atoms with Crippen molar-refractivity contribution in [2.24, 2.45) is 4.99 Å². The molecule has 0 spiro atoms. The number of hydrogen-bond donors (Lipinski definition) is 3. The molecule has 0 bridgehead atoms. The second-order valence-electron chi connectivity index (χ2n) is 6.64. The molecule has 2 aromatic rings. The number of rotatable bonds is 11. The van der Waals surface area contributed by atoms with Crippen molar-refractivity contribution < 1.29 is 9.13 Å². The molecule has 0 aliphatic carbocycles.